The summed E-state index contributed by atoms with van der Waals surface area (Å²) in [6.07, 6.45) is 2.39. The molecule has 0 bridgehead atoms. The van der Waals surface area contributed by atoms with Crippen molar-refractivity contribution in [1.29, 1.82) is 0 Å². The number of carbonyl (C=O) groups is 2. The number of carboxylic acid groups (broad SMARTS) is 1. The molecule has 2 N–H and O–H groups in total. The van der Waals surface area contributed by atoms with Gasteiger partial charge in [-0.2, -0.15) is 0 Å². The Bertz CT molecular complexity index is 630. The van der Waals surface area contributed by atoms with Gasteiger partial charge >= 0.3 is 5.97 Å². The van der Waals surface area contributed by atoms with Crippen molar-refractivity contribution in [1.82, 2.24) is 0 Å². The molecule has 1 saturated carbocycles. The number of hydrogen-bond donors (Lipinski definition) is 2. The zero-order valence-electron chi connectivity index (χ0n) is 10.6. The quantitative estimate of drug-likeness (QED) is 0.896. The molecule has 0 spiro atoms. The number of hydrogen-bond acceptors (Lipinski definition) is 3. The number of nitrogens with one attached hydrogen (secondary N) is 1. The summed E-state index contributed by atoms with van der Waals surface area (Å²) < 4.78 is 5.28. The summed E-state index contributed by atoms with van der Waals surface area (Å²) in [4.78, 5) is 22.8. The first kappa shape index (κ1) is 12.5. The highest BCUT2D eigenvalue weighted by molar-refractivity contribution is 5.95. The maximum Gasteiger partial charge on any atom is 0.335 e. The van der Waals surface area contributed by atoms with Crippen LogP contribution in [-0.2, 0) is 4.79 Å². The zero-order valence-corrected chi connectivity index (χ0v) is 10.6. The minimum Gasteiger partial charge on any atom is -0.478 e. The average molecular weight is 271 g/mol. The van der Waals surface area contributed by atoms with Gasteiger partial charge in [0.15, 0.2) is 0 Å². The van der Waals surface area contributed by atoms with Crippen LogP contribution in [0.3, 0.4) is 0 Å². The van der Waals surface area contributed by atoms with Crippen molar-refractivity contribution >= 4 is 17.6 Å². The molecule has 1 aliphatic carbocycles. The van der Waals surface area contributed by atoms with Crippen molar-refractivity contribution in [2.75, 3.05) is 5.32 Å². The van der Waals surface area contributed by atoms with Gasteiger partial charge in [0.05, 0.1) is 11.8 Å². The molecule has 1 amide bonds. The number of benzene rings is 1. The molecule has 1 aromatic heterocycles. The van der Waals surface area contributed by atoms with Crippen molar-refractivity contribution in [3.05, 3.63) is 54.0 Å². The second-order valence-corrected chi connectivity index (χ2v) is 4.84. The smallest absolute Gasteiger partial charge is 0.335 e. The van der Waals surface area contributed by atoms with Crippen LogP contribution >= 0.6 is 0 Å². The number of rotatable bonds is 4. The summed E-state index contributed by atoms with van der Waals surface area (Å²) in [6, 6.07) is 9.80. The highest BCUT2D eigenvalue weighted by Gasteiger charge is 2.45. The van der Waals surface area contributed by atoms with Crippen LogP contribution < -0.4 is 5.32 Å². The Morgan fingerprint density at radius 1 is 1.20 bits per heavy atom. The molecule has 1 heterocycles. The second kappa shape index (κ2) is 4.85. The maximum absolute atomic E-state index is 12.0. The van der Waals surface area contributed by atoms with Gasteiger partial charge in [-0.05, 0) is 42.8 Å². The van der Waals surface area contributed by atoms with Crippen LogP contribution in [0.5, 0.6) is 0 Å². The van der Waals surface area contributed by atoms with Gasteiger partial charge in [0.2, 0.25) is 5.91 Å². The van der Waals surface area contributed by atoms with Crippen molar-refractivity contribution in [2.24, 2.45) is 5.92 Å². The third kappa shape index (κ3) is 2.42. The molecule has 5 nitrogen and oxygen atoms in total. The van der Waals surface area contributed by atoms with Gasteiger partial charge in [-0.25, -0.2) is 4.79 Å². The van der Waals surface area contributed by atoms with E-state index in [0.29, 0.717) is 5.69 Å². The first-order chi connectivity index (χ1) is 9.65. The van der Waals surface area contributed by atoms with Crippen molar-refractivity contribution in [2.45, 2.75) is 12.3 Å². The van der Waals surface area contributed by atoms with E-state index in [1.54, 1.807) is 18.4 Å². The molecule has 5 heteroatoms. The molecule has 0 saturated heterocycles. The average Bonchev–Trinajstić information content (AvgIpc) is 3.06. The summed E-state index contributed by atoms with van der Waals surface area (Å²) >= 11 is 0. The predicted octanol–water partition coefficient (Wildman–Crippen LogP) is 2.72. The minimum atomic E-state index is -0.983. The Hall–Kier alpha value is -2.56. The Morgan fingerprint density at radius 3 is 2.55 bits per heavy atom. The largest absolute Gasteiger partial charge is 0.478 e. The number of aromatic carboxylic acids is 1. The highest BCUT2D eigenvalue weighted by atomic mass is 16.4. The van der Waals surface area contributed by atoms with Crippen molar-refractivity contribution in [3.63, 3.8) is 0 Å². The van der Waals surface area contributed by atoms with E-state index in [9.17, 15) is 9.59 Å². The Morgan fingerprint density at radius 2 is 1.95 bits per heavy atom. The Labute approximate surface area is 115 Å². The van der Waals surface area contributed by atoms with Gasteiger partial charge in [0.25, 0.3) is 0 Å². The Kier molecular flexibility index (Phi) is 3.02. The predicted molar refractivity (Wildman–Crippen MR) is 71.6 cm³/mol. The molecule has 3 rings (SSSR count). The highest BCUT2D eigenvalue weighted by Crippen LogP contribution is 2.48. The molecular weight excluding hydrogens is 258 g/mol. The molecule has 1 aromatic carbocycles. The first-order valence-electron chi connectivity index (χ1n) is 6.33. The van der Waals surface area contributed by atoms with Crippen LogP contribution in [0.1, 0.15) is 28.5 Å². The minimum absolute atomic E-state index is 0.0607. The van der Waals surface area contributed by atoms with Crippen molar-refractivity contribution < 1.29 is 19.1 Å². The topological polar surface area (TPSA) is 79.5 Å². The lowest BCUT2D eigenvalue weighted by molar-refractivity contribution is -0.117. The van der Waals surface area contributed by atoms with Crippen LogP contribution in [0.4, 0.5) is 5.69 Å². The fraction of sp³-hybridized carbons (Fsp3) is 0.200. The van der Waals surface area contributed by atoms with E-state index in [4.69, 9.17) is 9.52 Å². The number of carbonyl (C=O) groups excluding carboxylic acids is 1. The fourth-order valence-electron chi connectivity index (χ4n) is 2.23. The van der Waals surface area contributed by atoms with Crippen LogP contribution in [0.2, 0.25) is 0 Å². The summed E-state index contributed by atoms with van der Waals surface area (Å²) in [5, 5.41) is 11.6. The van der Waals surface area contributed by atoms with Gasteiger partial charge in [-0.1, -0.05) is 0 Å². The van der Waals surface area contributed by atoms with Gasteiger partial charge in [-0.3, -0.25) is 4.79 Å². The van der Waals surface area contributed by atoms with Gasteiger partial charge in [0, 0.05) is 17.5 Å². The lowest BCUT2D eigenvalue weighted by Gasteiger charge is -2.04. The number of anilines is 1. The SMILES string of the molecule is O=C(O)c1ccc(NC(=O)[C@H]2C[C@H]2c2ccco2)cc1. The molecule has 1 fully saturated rings. The maximum atomic E-state index is 12.0. The monoisotopic (exact) mass is 271 g/mol. The zero-order chi connectivity index (χ0) is 14.1. The van der Waals surface area contributed by atoms with E-state index in [1.807, 2.05) is 12.1 Å². The van der Waals surface area contributed by atoms with Crippen LogP contribution in [0.25, 0.3) is 0 Å². The molecule has 1 aliphatic rings. The van der Waals surface area contributed by atoms with Gasteiger partial charge in [-0.15, -0.1) is 0 Å². The summed E-state index contributed by atoms with van der Waals surface area (Å²) in [5.41, 5.74) is 0.799. The lowest BCUT2D eigenvalue weighted by Crippen LogP contribution is -2.14. The molecule has 0 unspecified atom stereocenters. The van der Waals surface area contributed by atoms with E-state index in [1.165, 1.54) is 12.1 Å². The fourth-order valence-corrected chi connectivity index (χ4v) is 2.23. The van der Waals surface area contributed by atoms with Crippen molar-refractivity contribution in [3.8, 4) is 0 Å². The molecule has 0 radical (unpaired) electrons. The number of furan rings is 1. The number of amides is 1. The molecular formula is C15H13NO4. The number of carboxylic acids is 1. The molecule has 0 aliphatic heterocycles. The molecule has 20 heavy (non-hydrogen) atoms. The van der Waals surface area contributed by atoms with E-state index < -0.39 is 5.97 Å². The van der Waals surface area contributed by atoms with E-state index in [2.05, 4.69) is 5.32 Å². The molecule has 2 aromatic rings. The molecule has 102 valence electrons. The van der Waals surface area contributed by atoms with E-state index in [0.717, 1.165) is 12.2 Å². The lowest BCUT2D eigenvalue weighted by atomic mass is 10.2. The van der Waals surface area contributed by atoms with Gasteiger partial charge in [0.1, 0.15) is 5.76 Å². The van der Waals surface area contributed by atoms with Crippen LogP contribution in [-0.4, -0.2) is 17.0 Å². The summed E-state index contributed by atoms with van der Waals surface area (Å²) in [6.45, 7) is 0. The van der Waals surface area contributed by atoms with E-state index in [-0.39, 0.29) is 23.3 Å². The molecule has 2 atom stereocenters. The first-order valence-corrected chi connectivity index (χ1v) is 6.33. The van der Waals surface area contributed by atoms with Crippen LogP contribution in [0, 0.1) is 5.92 Å². The summed E-state index contributed by atoms with van der Waals surface area (Å²) in [5.74, 6) is -0.118. The summed E-state index contributed by atoms with van der Waals surface area (Å²) in [7, 11) is 0. The normalized spacial score (nSPS) is 20.4. The third-order valence-electron chi connectivity index (χ3n) is 3.44. The standard InChI is InChI=1S/C15H13NO4/c17-14(12-8-11(12)13-2-1-7-20-13)16-10-5-3-9(4-6-10)15(18)19/h1-7,11-12H,8H2,(H,16,17)(H,18,19)/t11-,12+/m1/s1. The second-order valence-electron chi connectivity index (χ2n) is 4.84. The van der Waals surface area contributed by atoms with Gasteiger partial charge < -0.3 is 14.8 Å². The Balaban J connectivity index is 1.61. The van der Waals surface area contributed by atoms with E-state index >= 15 is 0 Å². The third-order valence-corrected chi connectivity index (χ3v) is 3.44. The van der Waals surface area contributed by atoms with Crippen LogP contribution in [0.15, 0.2) is 47.1 Å².